The number of nitrogens with one attached hydrogen (secondary N) is 2. The summed E-state index contributed by atoms with van der Waals surface area (Å²) in [4.78, 5) is 12.4. The second-order valence-electron chi connectivity index (χ2n) is 7.53. The minimum absolute atomic E-state index is 0.0428. The molecule has 0 aliphatic heterocycles. The van der Waals surface area contributed by atoms with Crippen LogP contribution in [0.1, 0.15) is 39.0 Å². The molecule has 0 spiro atoms. The Bertz CT molecular complexity index is 1010. The van der Waals surface area contributed by atoms with E-state index in [2.05, 4.69) is 10.0 Å². The molecule has 2 aromatic carbocycles. The second kappa shape index (κ2) is 10.2. The van der Waals surface area contributed by atoms with Gasteiger partial charge in [-0.1, -0.05) is 30.9 Å². The lowest BCUT2D eigenvalue weighted by Gasteiger charge is -2.24. The van der Waals surface area contributed by atoms with Crippen LogP contribution in [-0.4, -0.2) is 33.6 Å². The Morgan fingerprint density at radius 1 is 1.10 bits per heavy atom. The molecule has 1 aliphatic carbocycles. The van der Waals surface area contributed by atoms with Crippen LogP contribution in [0.25, 0.3) is 0 Å². The van der Waals surface area contributed by atoms with Crippen LogP contribution in [0, 0.1) is 0 Å². The van der Waals surface area contributed by atoms with Crippen molar-refractivity contribution in [1.82, 2.24) is 5.32 Å². The average Bonchev–Trinajstić information content (AvgIpc) is 2.74. The fraction of sp³-hybridized carbons (Fsp3) is 0.409. The van der Waals surface area contributed by atoms with Crippen LogP contribution in [0.2, 0.25) is 5.02 Å². The molecular formula is C22H27ClN2O5S. The maximum absolute atomic E-state index is 12.7. The van der Waals surface area contributed by atoms with Gasteiger partial charge in [0.15, 0.2) is 6.10 Å². The summed E-state index contributed by atoms with van der Waals surface area (Å²) < 4.78 is 38.8. The van der Waals surface area contributed by atoms with Crippen molar-refractivity contribution in [3.05, 3.63) is 47.5 Å². The number of ether oxygens (including phenoxy) is 2. The van der Waals surface area contributed by atoms with Crippen molar-refractivity contribution in [3.63, 3.8) is 0 Å². The first-order valence-electron chi connectivity index (χ1n) is 10.2. The highest BCUT2D eigenvalue weighted by atomic mass is 35.5. The van der Waals surface area contributed by atoms with Gasteiger partial charge in [0.2, 0.25) is 0 Å². The average molecular weight is 467 g/mol. The number of halogens is 1. The number of carbonyl (C=O) groups excluding carboxylic acids is 1. The van der Waals surface area contributed by atoms with Gasteiger partial charge in [0.05, 0.1) is 17.7 Å². The van der Waals surface area contributed by atoms with Crippen LogP contribution < -0.4 is 19.5 Å². The monoisotopic (exact) mass is 466 g/mol. The van der Waals surface area contributed by atoms with Crippen molar-refractivity contribution in [2.75, 3.05) is 11.8 Å². The Balaban J connectivity index is 1.63. The molecule has 0 heterocycles. The molecular weight excluding hydrogens is 440 g/mol. The molecule has 0 radical (unpaired) electrons. The third-order valence-electron chi connectivity index (χ3n) is 5.17. The zero-order valence-electron chi connectivity index (χ0n) is 17.6. The number of hydrogen-bond donors (Lipinski definition) is 2. The largest absolute Gasteiger partial charge is 0.495 e. The molecule has 7 nitrogen and oxygen atoms in total. The van der Waals surface area contributed by atoms with Crippen LogP contribution in [0.3, 0.4) is 0 Å². The number of methoxy groups -OCH3 is 1. The van der Waals surface area contributed by atoms with Crippen molar-refractivity contribution in [2.45, 2.75) is 56.1 Å². The quantitative estimate of drug-likeness (QED) is 0.602. The summed E-state index contributed by atoms with van der Waals surface area (Å²) in [5, 5.41) is 3.40. The number of anilines is 1. The highest BCUT2D eigenvalue weighted by Crippen LogP contribution is 2.30. The molecule has 0 unspecified atom stereocenters. The van der Waals surface area contributed by atoms with E-state index in [0.717, 1.165) is 25.7 Å². The first-order chi connectivity index (χ1) is 14.8. The number of carbonyl (C=O) groups is 1. The third kappa shape index (κ3) is 6.27. The van der Waals surface area contributed by atoms with E-state index in [4.69, 9.17) is 21.1 Å². The van der Waals surface area contributed by atoms with Gasteiger partial charge in [0.25, 0.3) is 15.9 Å². The Morgan fingerprint density at radius 2 is 1.77 bits per heavy atom. The normalized spacial score (nSPS) is 15.7. The Hall–Kier alpha value is -2.45. The third-order valence-corrected chi connectivity index (χ3v) is 6.79. The minimum Gasteiger partial charge on any atom is -0.495 e. The molecule has 3 rings (SSSR count). The summed E-state index contributed by atoms with van der Waals surface area (Å²) in [5.74, 6) is 0.592. The topological polar surface area (TPSA) is 93.7 Å². The van der Waals surface area contributed by atoms with Gasteiger partial charge < -0.3 is 14.8 Å². The summed E-state index contributed by atoms with van der Waals surface area (Å²) in [7, 11) is -2.42. The maximum Gasteiger partial charge on any atom is 0.262 e. The molecule has 1 saturated carbocycles. The van der Waals surface area contributed by atoms with Crippen molar-refractivity contribution < 1.29 is 22.7 Å². The number of amides is 1. The number of sulfonamides is 1. The van der Waals surface area contributed by atoms with Gasteiger partial charge in [-0.2, -0.15) is 0 Å². The van der Waals surface area contributed by atoms with Gasteiger partial charge in [0.1, 0.15) is 11.5 Å². The molecule has 0 aromatic heterocycles. The Kier molecular flexibility index (Phi) is 7.67. The van der Waals surface area contributed by atoms with Crippen LogP contribution in [-0.2, 0) is 14.8 Å². The summed E-state index contributed by atoms with van der Waals surface area (Å²) in [5.41, 5.74) is 0.239. The first kappa shape index (κ1) is 23.2. The summed E-state index contributed by atoms with van der Waals surface area (Å²) >= 11 is 5.97. The smallest absolute Gasteiger partial charge is 0.262 e. The van der Waals surface area contributed by atoms with E-state index in [0.29, 0.717) is 16.5 Å². The van der Waals surface area contributed by atoms with E-state index in [9.17, 15) is 13.2 Å². The molecule has 2 aromatic rings. The van der Waals surface area contributed by atoms with Gasteiger partial charge in [-0.15, -0.1) is 0 Å². The van der Waals surface area contributed by atoms with E-state index in [1.54, 1.807) is 19.1 Å². The lowest BCUT2D eigenvalue weighted by Crippen LogP contribution is -2.43. The van der Waals surface area contributed by atoms with Crippen LogP contribution >= 0.6 is 11.6 Å². The summed E-state index contributed by atoms with van der Waals surface area (Å²) in [6, 6.07) is 10.7. The molecule has 168 valence electrons. The number of benzene rings is 2. The van der Waals surface area contributed by atoms with E-state index < -0.39 is 16.1 Å². The SMILES string of the molecule is COc1ccc(Cl)cc1NS(=O)(=O)c1ccc(O[C@@H](C)C(=O)NC2CCCCC2)cc1. The van der Waals surface area contributed by atoms with Gasteiger partial charge in [0, 0.05) is 11.1 Å². The molecule has 1 amide bonds. The van der Waals surface area contributed by atoms with Gasteiger partial charge in [-0.05, 0) is 62.2 Å². The van der Waals surface area contributed by atoms with E-state index in [1.165, 1.54) is 43.9 Å². The molecule has 1 fully saturated rings. The fourth-order valence-electron chi connectivity index (χ4n) is 3.48. The molecule has 0 saturated heterocycles. The zero-order chi connectivity index (χ0) is 22.4. The number of hydrogen-bond acceptors (Lipinski definition) is 5. The van der Waals surface area contributed by atoms with Crippen LogP contribution in [0.15, 0.2) is 47.4 Å². The second-order valence-corrected chi connectivity index (χ2v) is 9.64. The minimum atomic E-state index is -3.87. The van der Waals surface area contributed by atoms with Crippen LogP contribution in [0.5, 0.6) is 11.5 Å². The molecule has 1 atom stereocenters. The predicted molar refractivity (Wildman–Crippen MR) is 120 cm³/mol. The fourth-order valence-corrected chi connectivity index (χ4v) is 4.72. The first-order valence-corrected chi connectivity index (χ1v) is 12.1. The molecule has 1 aliphatic rings. The molecule has 31 heavy (non-hydrogen) atoms. The summed E-state index contributed by atoms with van der Waals surface area (Å²) in [6.45, 7) is 1.68. The highest BCUT2D eigenvalue weighted by Gasteiger charge is 2.21. The van der Waals surface area contributed by atoms with E-state index >= 15 is 0 Å². The van der Waals surface area contributed by atoms with E-state index in [1.807, 2.05) is 0 Å². The van der Waals surface area contributed by atoms with Crippen molar-refractivity contribution in [3.8, 4) is 11.5 Å². The molecule has 9 heteroatoms. The lowest BCUT2D eigenvalue weighted by atomic mass is 9.95. The lowest BCUT2D eigenvalue weighted by molar-refractivity contribution is -0.128. The Morgan fingerprint density at radius 3 is 2.42 bits per heavy atom. The molecule has 2 N–H and O–H groups in total. The van der Waals surface area contributed by atoms with Gasteiger partial charge in [-0.3, -0.25) is 9.52 Å². The maximum atomic E-state index is 12.7. The van der Waals surface area contributed by atoms with Crippen molar-refractivity contribution in [2.24, 2.45) is 0 Å². The molecule has 0 bridgehead atoms. The van der Waals surface area contributed by atoms with Crippen molar-refractivity contribution in [1.29, 1.82) is 0 Å². The van der Waals surface area contributed by atoms with Crippen molar-refractivity contribution >= 4 is 33.2 Å². The van der Waals surface area contributed by atoms with Gasteiger partial charge >= 0.3 is 0 Å². The Labute approximate surface area is 188 Å². The predicted octanol–water partition coefficient (Wildman–Crippen LogP) is 4.37. The standard InChI is InChI=1S/C22H27ClN2O5S/c1-15(22(26)24-17-6-4-3-5-7-17)30-18-9-11-19(12-10-18)31(27,28)25-20-14-16(23)8-13-21(20)29-2/h8-15,17,25H,3-7H2,1-2H3,(H,24,26)/t15-/m0/s1. The van der Waals surface area contributed by atoms with Gasteiger partial charge in [-0.25, -0.2) is 8.42 Å². The van der Waals surface area contributed by atoms with E-state index in [-0.39, 0.29) is 22.5 Å². The summed E-state index contributed by atoms with van der Waals surface area (Å²) in [6.07, 6.45) is 4.78. The van der Waals surface area contributed by atoms with Crippen LogP contribution in [0.4, 0.5) is 5.69 Å². The number of rotatable bonds is 8. The highest BCUT2D eigenvalue weighted by molar-refractivity contribution is 7.92. The zero-order valence-corrected chi connectivity index (χ0v) is 19.1.